The molecular weight excluding hydrogens is 306 g/mol. The lowest BCUT2D eigenvalue weighted by atomic mass is 10.1. The summed E-state index contributed by atoms with van der Waals surface area (Å²) >= 11 is 0. The molecule has 0 radical (unpaired) electrons. The molecular formula is C14H15N3O4S. The van der Waals surface area contributed by atoms with Crippen LogP contribution in [0.15, 0.2) is 30.3 Å². The van der Waals surface area contributed by atoms with E-state index in [9.17, 15) is 18.0 Å². The topological polar surface area (TPSA) is 108 Å². The first kappa shape index (κ1) is 14.6. The van der Waals surface area contributed by atoms with Crippen LogP contribution in [0.3, 0.4) is 0 Å². The molecule has 1 aliphatic heterocycles. The highest BCUT2D eigenvalue weighted by molar-refractivity contribution is 7.91. The summed E-state index contributed by atoms with van der Waals surface area (Å²) in [6.07, 6.45) is 0.288. The average molecular weight is 321 g/mol. The number of amides is 2. The number of benzene rings is 1. The molecule has 1 atom stereocenters. The van der Waals surface area contributed by atoms with Gasteiger partial charge in [0.2, 0.25) is 5.91 Å². The molecule has 3 rings (SSSR count). The van der Waals surface area contributed by atoms with Crippen molar-refractivity contribution in [2.45, 2.75) is 6.42 Å². The summed E-state index contributed by atoms with van der Waals surface area (Å²) in [5.41, 5.74) is 5.72. The predicted molar refractivity (Wildman–Crippen MR) is 80.7 cm³/mol. The number of nitrogens with one attached hydrogen (secondary N) is 3. The van der Waals surface area contributed by atoms with Crippen molar-refractivity contribution in [1.29, 1.82) is 0 Å². The van der Waals surface area contributed by atoms with Gasteiger partial charge in [-0.2, -0.15) is 0 Å². The number of hydrogen-bond donors (Lipinski definition) is 3. The highest BCUT2D eigenvalue weighted by Gasteiger charge is 2.33. The number of fused-ring (bicyclic) bond motifs is 1. The summed E-state index contributed by atoms with van der Waals surface area (Å²) in [6, 6.07) is 9.10. The van der Waals surface area contributed by atoms with Gasteiger partial charge < -0.3 is 4.98 Å². The Balaban J connectivity index is 1.61. The molecule has 0 saturated carbocycles. The van der Waals surface area contributed by atoms with E-state index in [-0.39, 0.29) is 17.9 Å². The minimum absolute atomic E-state index is 0.0149. The standard InChI is InChI=1S/C14H15N3O4S/c18-13(10-5-6-22(20,21)8-10)16-17-14(19)12-7-9-3-1-2-4-11(9)15-12/h1-4,7,10,15H,5-6,8H2,(H,16,18)(H,17,19)/t10-/m1/s1. The molecule has 2 amide bonds. The number of hydrogen-bond acceptors (Lipinski definition) is 4. The summed E-state index contributed by atoms with van der Waals surface area (Å²) in [4.78, 5) is 26.8. The Labute approximate surface area is 127 Å². The third-order valence-electron chi connectivity index (χ3n) is 3.68. The van der Waals surface area contributed by atoms with Gasteiger partial charge in [0.25, 0.3) is 5.91 Å². The van der Waals surface area contributed by atoms with Gasteiger partial charge in [-0.25, -0.2) is 8.42 Å². The largest absolute Gasteiger partial charge is 0.350 e. The lowest BCUT2D eigenvalue weighted by Gasteiger charge is -2.09. The van der Waals surface area contributed by atoms with Crippen molar-refractivity contribution in [3.05, 3.63) is 36.0 Å². The summed E-state index contributed by atoms with van der Waals surface area (Å²) in [5.74, 6) is -1.72. The Morgan fingerprint density at radius 2 is 1.95 bits per heavy atom. The lowest BCUT2D eigenvalue weighted by Crippen LogP contribution is -2.44. The van der Waals surface area contributed by atoms with Gasteiger partial charge in [-0.1, -0.05) is 18.2 Å². The second-order valence-corrected chi connectivity index (χ2v) is 7.54. The van der Waals surface area contributed by atoms with Crippen molar-refractivity contribution in [3.8, 4) is 0 Å². The molecule has 0 aliphatic carbocycles. The molecule has 1 aliphatic rings. The third-order valence-corrected chi connectivity index (χ3v) is 5.44. The van der Waals surface area contributed by atoms with E-state index in [1.54, 1.807) is 6.07 Å². The second-order valence-electron chi connectivity index (χ2n) is 5.31. The third kappa shape index (κ3) is 2.96. The normalized spacial score (nSPS) is 19.9. The quantitative estimate of drug-likeness (QED) is 0.694. The first-order valence-corrected chi connectivity index (χ1v) is 8.65. The maximum Gasteiger partial charge on any atom is 0.286 e. The zero-order valence-corrected chi connectivity index (χ0v) is 12.4. The fourth-order valence-electron chi connectivity index (χ4n) is 2.49. The molecule has 8 heteroatoms. The Bertz CT molecular complexity index is 808. The number of carbonyl (C=O) groups is 2. The first-order chi connectivity index (χ1) is 10.4. The van der Waals surface area contributed by atoms with E-state index in [2.05, 4.69) is 15.8 Å². The van der Waals surface area contributed by atoms with Crippen LogP contribution in [0.5, 0.6) is 0 Å². The van der Waals surface area contributed by atoms with Crippen LogP contribution < -0.4 is 10.9 Å². The first-order valence-electron chi connectivity index (χ1n) is 6.83. The summed E-state index contributed by atoms with van der Waals surface area (Å²) in [6.45, 7) is 0. The van der Waals surface area contributed by atoms with Crippen LogP contribution in [0.1, 0.15) is 16.9 Å². The van der Waals surface area contributed by atoms with Gasteiger partial charge in [-0.05, 0) is 18.6 Å². The Kier molecular flexibility index (Phi) is 3.61. The van der Waals surface area contributed by atoms with Crippen molar-refractivity contribution >= 4 is 32.6 Å². The van der Waals surface area contributed by atoms with E-state index in [4.69, 9.17) is 0 Å². The van der Waals surface area contributed by atoms with Gasteiger partial charge in [-0.3, -0.25) is 20.4 Å². The Morgan fingerprint density at radius 1 is 1.18 bits per heavy atom. The van der Waals surface area contributed by atoms with Gasteiger partial charge in [0, 0.05) is 10.9 Å². The van der Waals surface area contributed by atoms with Crippen molar-refractivity contribution in [3.63, 3.8) is 0 Å². The van der Waals surface area contributed by atoms with Crippen LogP contribution in [0.2, 0.25) is 0 Å². The Morgan fingerprint density at radius 3 is 2.64 bits per heavy atom. The molecule has 3 N–H and O–H groups in total. The van der Waals surface area contributed by atoms with E-state index in [1.165, 1.54) is 0 Å². The number of para-hydroxylation sites is 1. The van der Waals surface area contributed by atoms with E-state index in [0.29, 0.717) is 5.69 Å². The summed E-state index contributed by atoms with van der Waals surface area (Å²) < 4.78 is 22.7. The lowest BCUT2D eigenvalue weighted by molar-refractivity contribution is -0.125. The molecule has 0 spiro atoms. The van der Waals surface area contributed by atoms with Crippen molar-refractivity contribution in [1.82, 2.24) is 15.8 Å². The van der Waals surface area contributed by atoms with E-state index in [0.717, 1.165) is 10.9 Å². The molecule has 1 aromatic carbocycles. The average Bonchev–Trinajstić information content (AvgIpc) is 3.07. The van der Waals surface area contributed by atoms with Crippen LogP contribution in [-0.4, -0.2) is 36.7 Å². The molecule has 1 fully saturated rings. The smallest absolute Gasteiger partial charge is 0.286 e. The number of H-pyrrole nitrogens is 1. The molecule has 22 heavy (non-hydrogen) atoms. The molecule has 1 aromatic heterocycles. The zero-order valence-electron chi connectivity index (χ0n) is 11.6. The second kappa shape index (κ2) is 5.45. The highest BCUT2D eigenvalue weighted by atomic mass is 32.2. The zero-order chi connectivity index (χ0) is 15.7. The van der Waals surface area contributed by atoms with Crippen LogP contribution in [0, 0.1) is 5.92 Å². The monoisotopic (exact) mass is 321 g/mol. The molecule has 0 unspecified atom stereocenters. The molecule has 2 aromatic rings. The molecule has 0 bridgehead atoms. The Hall–Kier alpha value is -2.35. The van der Waals surface area contributed by atoms with Crippen LogP contribution >= 0.6 is 0 Å². The minimum atomic E-state index is -3.13. The van der Waals surface area contributed by atoms with Gasteiger partial charge >= 0.3 is 0 Å². The highest BCUT2D eigenvalue weighted by Crippen LogP contribution is 2.18. The number of rotatable bonds is 2. The van der Waals surface area contributed by atoms with Crippen molar-refractivity contribution < 1.29 is 18.0 Å². The van der Waals surface area contributed by atoms with Crippen LogP contribution in [0.25, 0.3) is 10.9 Å². The summed E-state index contributed by atoms with van der Waals surface area (Å²) in [7, 11) is -3.13. The molecule has 7 nitrogen and oxygen atoms in total. The van der Waals surface area contributed by atoms with E-state index in [1.807, 2.05) is 24.3 Å². The molecule has 1 saturated heterocycles. The number of hydrazine groups is 1. The van der Waals surface area contributed by atoms with Gasteiger partial charge in [-0.15, -0.1) is 0 Å². The van der Waals surface area contributed by atoms with Gasteiger partial charge in [0.05, 0.1) is 17.4 Å². The maximum absolute atomic E-state index is 12.0. The SMILES string of the molecule is O=C(NNC(=O)[C@@H]1CCS(=O)(=O)C1)c1cc2ccccc2[nH]1. The fraction of sp³-hybridized carbons (Fsp3) is 0.286. The van der Waals surface area contributed by atoms with Crippen molar-refractivity contribution in [2.24, 2.45) is 5.92 Å². The number of aromatic nitrogens is 1. The minimum Gasteiger partial charge on any atom is -0.350 e. The van der Waals surface area contributed by atoms with Crippen molar-refractivity contribution in [2.75, 3.05) is 11.5 Å². The van der Waals surface area contributed by atoms with E-state index < -0.39 is 27.6 Å². The number of aromatic amines is 1. The number of sulfone groups is 1. The number of carbonyl (C=O) groups excluding carboxylic acids is 2. The predicted octanol–water partition coefficient (Wildman–Crippen LogP) is 0.364. The molecule has 116 valence electrons. The van der Waals surface area contributed by atoms with Crippen LogP contribution in [-0.2, 0) is 14.6 Å². The van der Waals surface area contributed by atoms with Gasteiger partial charge in [0.15, 0.2) is 9.84 Å². The summed E-state index contributed by atoms with van der Waals surface area (Å²) in [5, 5.41) is 0.890. The fourth-order valence-corrected chi connectivity index (χ4v) is 4.23. The molecule has 2 heterocycles. The van der Waals surface area contributed by atoms with Gasteiger partial charge in [0.1, 0.15) is 5.69 Å². The van der Waals surface area contributed by atoms with E-state index >= 15 is 0 Å². The van der Waals surface area contributed by atoms with Crippen LogP contribution in [0.4, 0.5) is 0 Å². The maximum atomic E-state index is 12.0.